The molecule has 0 aliphatic carbocycles. The van der Waals surface area contributed by atoms with Gasteiger partial charge in [0, 0.05) is 11.8 Å². The number of ether oxygens (including phenoxy) is 2. The Balaban J connectivity index is 2.44. The van der Waals surface area contributed by atoms with Crippen molar-refractivity contribution < 1.29 is 9.47 Å². The summed E-state index contributed by atoms with van der Waals surface area (Å²) in [5.74, 6) is 1.42. The van der Waals surface area contributed by atoms with Crippen molar-refractivity contribution in [1.29, 1.82) is 0 Å². The van der Waals surface area contributed by atoms with Crippen molar-refractivity contribution >= 4 is 0 Å². The summed E-state index contributed by atoms with van der Waals surface area (Å²) in [6, 6.07) is 10.9. The van der Waals surface area contributed by atoms with E-state index < -0.39 is 0 Å². The normalized spacial score (nSPS) is 11.9. The molecule has 0 aliphatic heterocycles. The first-order chi connectivity index (χ1) is 8.77. The smallest absolute Gasteiger partial charge is 0.142 e. The Hall–Kier alpha value is -2.07. The highest BCUT2D eigenvalue weighted by Gasteiger charge is 2.18. The molecular formula is C14H16N2O2. The lowest BCUT2D eigenvalue weighted by Gasteiger charge is -2.17. The van der Waals surface area contributed by atoms with Crippen LogP contribution in [0.25, 0.3) is 0 Å². The second-order valence-electron chi connectivity index (χ2n) is 3.81. The molecule has 0 fully saturated rings. The van der Waals surface area contributed by atoms with Crippen molar-refractivity contribution in [2.75, 3.05) is 14.2 Å². The van der Waals surface area contributed by atoms with Gasteiger partial charge in [0.25, 0.3) is 0 Å². The molecule has 2 rings (SSSR count). The molecule has 4 heteroatoms. The second-order valence-corrected chi connectivity index (χ2v) is 3.81. The van der Waals surface area contributed by atoms with Crippen LogP contribution < -0.4 is 15.2 Å². The van der Waals surface area contributed by atoms with Crippen LogP contribution in [0.4, 0.5) is 0 Å². The molecule has 1 aromatic heterocycles. The largest absolute Gasteiger partial charge is 0.496 e. The van der Waals surface area contributed by atoms with Crippen molar-refractivity contribution in [3.8, 4) is 11.5 Å². The Kier molecular flexibility index (Phi) is 3.79. The van der Waals surface area contributed by atoms with E-state index in [-0.39, 0.29) is 6.04 Å². The second kappa shape index (κ2) is 5.51. The van der Waals surface area contributed by atoms with E-state index in [1.807, 2.05) is 36.4 Å². The van der Waals surface area contributed by atoms with Gasteiger partial charge in [-0.15, -0.1) is 0 Å². The first-order valence-corrected chi connectivity index (χ1v) is 5.65. The molecular weight excluding hydrogens is 228 g/mol. The fourth-order valence-corrected chi connectivity index (χ4v) is 1.88. The number of methoxy groups -OCH3 is 2. The van der Waals surface area contributed by atoms with E-state index in [1.165, 1.54) is 0 Å². The monoisotopic (exact) mass is 244 g/mol. The molecule has 4 nitrogen and oxygen atoms in total. The average molecular weight is 244 g/mol. The van der Waals surface area contributed by atoms with Crippen LogP contribution >= 0.6 is 0 Å². The van der Waals surface area contributed by atoms with Crippen molar-refractivity contribution in [2.24, 2.45) is 5.73 Å². The number of para-hydroxylation sites is 1. The van der Waals surface area contributed by atoms with Crippen LogP contribution in [-0.4, -0.2) is 19.2 Å². The van der Waals surface area contributed by atoms with Gasteiger partial charge in [-0.25, -0.2) is 0 Å². The number of pyridine rings is 1. The van der Waals surface area contributed by atoms with Crippen LogP contribution in [0.3, 0.4) is 0 Å². The third kappa shape index (κ3) is 2.28. The van der Waals surface area contributed by atoms with Crippen molar-refractivity contribution in [1.82, 2.24) is 4.98 Å². The number of nitrogens with zero attached hydrogens (tertiary/aromatic N) is 1. The molecule has 1 atom stereocenters. The summed E-state index contributed by atoms with van der Waals surface area (Å²) < 4.78 is 10.6. The molecule has 0 aliphatic rings. The van der Waals surface area contributed by atoms with Gasteiger partial charge in [-0.3, -0.25) is 4.98 Å². The van der Waals surface area contributed by atoms with Crippen LogP contribution in [-0.2, 0) is 0 Å². The van der Waals surface area contributed by atoms with Gasteiger partial charge in [-0.2, -0.15) is 0 Å². The van der Waals surface area contributed by atoms with E-state index in [9.17, 15) is 0 Å². The molecule has 18 heavy (non-hydrogen) atoms. The lowest BCUT2D eigenvalue weighted by atomic mass is 10.0. The molecule has 1 unspecified atom stereocenters. The molecule has 0 radical (unpaired) electrons. The lowest BCUT2D eigenvalue weighted by molar-refractivity contribution is 0.397. The molecule has 0 saturated heterocycles. The number of aromatic nitrogens is 1. The zero-order valence-corrected chi connectivity index (χ0v) is 10.5. The summed E-state index contributed by atoms with van der Waals surface area (Å²) in [5.41, 5.74) is 7.83. The quantitative estimate of drug-likeness (QED) is 0.895. The standard InChI is InChI=1S/C14H16N2O2/c1-17-11-7-4-3-6-10(11)13(15)14-12(18-2)8-5-9-16-14/h3-9,13H,15H2,1-2H3. The maximum Gasteiger partial charge on any atom is 0.142 e. The molecule has 2 aromatic rings. The van der Waals surface area contributed by atoms with E-state index in [0.29, 0.717) is 11.4 Å². The van der Waals surface area contributed by atoms with E-state index in [2.05, 4.69) is 4.98 Å². The third-order valence-electron chi connectivity index (χ3n) is 2.79. The van der Waals surface area contributed by atoms with Gasteiger partial charge in [0.1, 0.15) is 17.2 Å². The van der Waals surface area contributed by atoms with E-state index in [0.717, 1.165) is 11.3 Å². The molecule has 94 valence electrons. The maximum atomic E-state index is 6.25. The molecule has 0 spiro atoms. The highest BCUT2D eigenvalue weighted by atomic mass is 16.5. The summed E-state index contributed by atoms with van der Waals surface area (Å²) in [4.78, 5) is 4.30. The molecule has 1 aromatic carbocycles. The highest BCUT2D eigenvalue weighted by Crippen LogP contribution is 2.31. The summed E-state index contributed by atoms with van der Waals surface area (Å²) in [6.45, 7) is 0. The minimum atomic E-state index is -0.378. The van der Waals surface area contributed by atoms with Gasteiger partial charge in [-0.05, 0) is 18.2 Å². The van der Waals surface area contributed by atoms with Crippen LogP contribution in [0.1, 0.15) is 17.3 Å². The van der Waals surface area contributed by atoms with Gasteiger partial charge in [0.15, 0.2) is 0 Å². The van der Waals surface area contributed by atoms with Gasteiger partial charge in [0.05, 0.1) is 20.3 Å². The molecule has 0 saturated carbocycles. The Bertz CT molecular complexity index is 481. The van der Waals surface area contributed by atoms with Gasteiger partial charge < -0.3 is 15.2 Å². The van der Waals surface area contributed by atoms with Crippen molar-refractivity contribution in [3.05, 3.63) is 53.9 Å². The Labute approximate surface area is 106 Å². The van der Waals surface area contributed by atoms with Crippen molar-refractivity contribution in [3.63, 3.8) is 0 Å². The Morgan fingerprint density at radius 2 is 1.67 bits per heavy atom. The van der Waals surface area contributed by atoms with Crippen LogP contribution in [0.5, 0.6) is 11.5 Å². The Morgan fingerprint density at radius 3 is 2.39 bits per heavy atom. The summed E-state index contributed by atoms with van der Waals surface area (Å²) >= 11 is 0. The summed E-state index contributed by atoms with van der Waals surface area (Å²) in [7, 11) is 3.23. The summed E-state index contributed by atoms with van der Waals surface area (Å²) in [6.07, 6.45) is 1.70. The predicted molar refractivity (Wildman–Crippen MR) is 69.8 cm³/mol. The predicted octanol–water partition coefficient (Wildman–Crippen LogP) is 2.15. The molecule has 0 amide bonds. The molecule has 2 N–H and O–H groups in total. The molecule has 0 bridgehead atoms. The zero-order chi connectivity index (χ0) is 13.0. The number of rotatable bonds is 4. The zero-order valence-electron chi connectivity index (χ0n) is 10.5. The van der Waals surface area contributed by atoms with Gasteiger partial charge in [-0.1, -0.05) is 18.2 Å². The van der Waals surface area contributed by atoms with E-state index >= 15 is 0 Å². The first-order valence-electron chi connectivity index (χ1n) is 5.65. The van der Waals surface area contributed by atoms with Crippen molar-refractivity contribution in [2.45, 2.75) is 6.04 Å². The maximum absolute atomic E-state index is 6.25. The number of hydrogen-bond acceptors (Lipinski definition) is 4. The fourth-order valence-electron chi connectivity index (χ4n) is 1.88. The average Bonchev–Trinajstić information content (AvgIpc) is 2.46. The Morgan fingerprint density at radius 1 is 1.00 bits per heavy atom. The lowest BCUT2D eigenvalue weighted by Crippen LogP contribution is -2.15. The van der Waals surface area contributed by atoms with E-state index in [1.54, 1.807) is 20.4 Å². The first kappa shape index (κ1) is 12.4. The topological polar surface area (TPSA) is 57.4 Å². The van der Waals surface area contributed by atoms with Crippen LogP contribution in [0.2, 0.25) is 0 Å². The summed E-state index contributed by atoms with van der Waals surface area (Å²) in [5, 5.41) is 0. The highest BCUT2D eigenvalue weighted by molar-refractivity contribution is 5.43. The fraction of sp³-hybridized carbons (Fsp3) is 0.214. The molecule has 1 heterocycles. The van der Waals surface area contributed by atoms with E-state index in [4.69, 9.17) is 15.2 Å². The van der Waals surface area contributed by atoms with Crippen LogP contribution in [0.15, 0.2) is 42.6 Å². The third-order valence-corrected chi connectivity index (χ3v) is 2.79. The minimum Gasteiger partial charge on any atom is -0.496 e. The van der Waals surface area contributed by atoms with Crippen LogP contribution in [0, 0.1) is 0 Å². The number of hydrogen-bond donors (Lipinski definition) is 1. The number of benzene rings is 1. The minimum absolute atomic E-state index is 0.378. The van der Waals surface area contributed by atoms with Gasteiger partial charge >= 0.3 is 0 Å². The SMILES string of the molecule is COc1ccccc1C(N)c1ncccc1OC. The van der Waals surface area contributed by atoms with Gasteiger partial charge in [0.2, 0.25) is 0 Å². The number of nitrogens with two attached hydrogens (primary N) is 1.